The molecule has 0 saturated carbocycles. The summed E-state index contributed by atoms with van der Waals surface area (Å²) in [5.41, 5.74) is 1.08. The summed E-state index contributed by atoms with van der Waals surface area (Å²) in [4.78, 5) is 16.8. The molecule has 2 aromatic rings. The summed E-state index contributed by atoms with van der Waals surface area (Å²) in [7, 11) is 0. The number of fused-ring (bicyclic) bond motifs is 1. The molecule has 1 atom stereocenters. The van der Waals surface area contributed by atoms with Crippen molar-refractivity contribution >= 4 is 16.7 Å². The molecule has 6 nitrogen and oxygen atoms in total. The van der Waals surface area contributed by atoms with Crippen molar-refractivity contribution in [3.63, 3.8) is 0 Å². The van der Waals surface area contributed by atoms with Crippen molar-refractivity contribution in [2.75, 3.05) is 0 Å². The number of hydrogen-bond acceptors (Lipinski definition) is 4. The van der Waals surface area contributed by atoms with E-state index in [2.05, 4.69) is 9.97 Å². The van der Waals surface area contributed by atoms with Crippen LogP contribution >= 0.6 is 0 Å². The summed E-state index contributed by atoms with van der Waals surface area (Å²) in [6.45, 7) is 1.61. The topological polar surface area (TPSA) is 92.1 Å². The van der Waals surface area contributed by atoms with E-state index in [0.29, 0.717) is 16.7 Å². The molecule has 1 unspecified atom stereocenters. The van der Waals surface area contributed by atoms with Crippen LogP contribution in [0.4, 0.5) is 5.69 Å². The molecule has 0 aliphatic rings. The van der Waals surface area contributed by atoms with Gasteiger partial charge in [0.1, 0.15) is 11.8 Å². The minimum Gasteiger partial charge on any atom is -0.387 e. The summed E-state index contributed by atoms with van der Waals surface area (Å²) in [5, 5.41) is 20.4. The van der Waals surface area contributed by atoms with E-state index in [1.54, 1.807) is 13.0 Å². The summed E-state index contributed by atoms with van der Waals surface area (Å²) in [6.07, 6.45) is 0.545. The number of pyridine rings is 1. The average molecular weight is 207 g/mol. The van der Waals surface area contributed by atoms with Gasteiger partial charge < -0.3 is 10.1 Å². The van der Waals surface area contributed by atoms with Crippen molar-refractivity contribution in [1.82, 2.24) is 9.97 Å². The van der Waals surface area contributed by atoms with Crippen LogP contribution in [-0.4, -0.2) is 20.0 Å². The number of rotatable bonds is 2. The second kappa shape index (κ2) is 3.32. The Morgan fingerprint density at radius 2 is 2.33 bits per heavy atom. The number of H-pyrrole nitrogens is 1. The van der Waals surface area contributed by atoms with Crippen molar-refractivity contribution in [3.8, 4) is 0 Å². The van der Waals surface area contributed by atoms with E-state index in [4.69, 9.17) is 0 Å². The maximum Gasteiger partial charge on any atom is 0.288 e. The van der Waals surface area contributed by atoms with Crippen molar-refractivity contribution in [1.29, 1.82) is 0 Å². The normalized spacial score (nSPS) is 12.9. The predicted molar refractivity (Wildman–Crippen MR) is 53.4 cm³/mol. The molecule has 0 spiro atoms. The first kappa shape index (κ1) is 9.60. The van der Waals surface area contributed by atoms with Gasteiger partial charge >= 0.3 is 0 Å². The molecule has 0 aliphatic heterocycles. The van der Waals surface area contributed by atoms with Gasteiger partial charge in [0, 0.05) is 17.1 Å². The van der Waals surface area contributed by atoms with E-state index in [1.807, 2.05) is 0 Å². The third-order valence-corrected chi connectivity index (χ3v) is 2.14. The maximum absolute atomic E-state index is 10.5. The largest absolute Gasteiger partial charge is 0.387 e. The van der Waals surface area contributed by atoms with Gasteiger partial charge in [-0.3, -0.25) is 10.1 Å². The van der Waals surface area contributed by atoms with E-state index >= 15 is 0 Å². The Bertz CT molecular complexity index is 518. The van der Waals surface area contributed by atoms with E-state index in [-0.39, 0.29) is 5.69 Å². The van der Waals surface area contributed by atoms with Crippen LogP contribution in [0.5, 0.6) is 0 Å². The highest BCUT2D eigenvalue weighted by Crippen LogP contribution is 2.21. The molecule has 0 amide bonds. The van der Waals surface area contributed by atoms with Crippen LogP contribution in [0.2, 0.25) is 0 Å². The van der Waals surface area contributed by atoms with Gasteiger partial charge in [0.2, 0.25) is 0 Å². The Morgan fingerprint density at radius 3 is 2.93 bits per heavy atom. The number of nitrogens with one attached hydrogen (secondary N) is 1. The van der Waals surface area contributed by atoms with Gasteiger partial charge in [-0.25, -0.2) is 4.98 Å². The lowest BCUT2D eigenvalue weighted by Gasteiger charge is -1.96. The highest BCUT2D eigenvalue weighted by Gasteiger charge is 2.11. The van der Waals surface area contributed by atoms with E-state index in [9.17, 15) is 15.2 Å². The SMILES string of the molecule is CC(O)c1cc2cc([N+](=O)[O-])cnc2[nH]1. The minimum absolute atomic E-state index is 0.0568. The van der Waals surface area contributed by atoms with Gasteiger partial charge in [0.15, 0.2) is 0 Å². The average Bonchev–Trinajstić information content (AvgIpc) is 2.59. The highest BCUT2D eigenvalue weighted by molar-refractivity contribution is 5.78. The second-order valence-corrected chi connectivity index (χ2v) is 3.29. The van der Waals surface area contributed by atoms with E-state index < -0.39 is 11.0 Å². The second-order valence-electron chi connectivity index (χ2n) is 3.29. The molecule has 2 aromatic heterocycles. The summed E-state index contributed by atoms with van der Waals surface area (Å²) in [5.74, 6) is 0. The van der Waals surface area contributed by atoms with E-state index in [1.165, 1.54) is 12.3 Å². The van der Waals surface area contributed by atoms with Crippen molar-refractivity contribution in [2.45, 2.75) is 13.0 Å². The molecular formula is C9H9N3O3. The van der Waals surface area contributed by atoms with Gasteiger partial charge in [-0.15, -0.1) is 0 Å². The minimum atomic E-state index is -0.641. The Labute approximate surface area is 84.7 Å². The van der Waals surface area contributed by atoms with Gasteiger partial charge in [-0.05, 0) is 13.0 Å². The molecule has 6 heteroatoms. The maximum atomic E-state index is 10.5. The van der Waals surface area contributed by atoms with Crippen LogP contribution in [0.3, 0.4) is 0 Å². The summed E-state index contributed by atoms with van der Waals surface area (Å²) >= 11 is 0. The first-order valence-corrected chi connectivity index (χ1v) is 4.39. The van der Waals surface area contributed by atoms with Crippen LogP contribution < -0.4 is 0 Å². The molecule has 0 radical (unpaired) electrons. The molecule has 0 bridgehead atoms. The monoisotopic (exact) mass is 207 g/mol. The van der Waals surface area contributed by atoms with Crippen molar-refractivity contribution in [2.24, 2.45) is 0 Å². The van der Waals surface area contributed by atoms with Crippen LogP contribution in [0.25, 0.3) is 11.0 Å². The molecule has 0 saturated heterocycles. The zero-order valence-electron chi connectivity index (χ0n) is 7.97. The standard InChI is InChI=1S/C9H9N3O3/c1-5(13)8-3-6-2-7(12(14)15)4-10-9(6)11-8/h2-5,13H,1H3,(H,10,11). The third kappa shape index (κ3) is 1.66. The molecular weight excluding hydrogens is 198 g/mol. The van der Waals surface area contributed by atoms with Gasteiger partial charge in [0.25, 0.3) is 5.69 Å². The number of aromatic nitrogens is 2. The lowest BCUT2D eigenvalue weighted by Crippen LogP contribution is -1.90. The lowest BCUT2D eigenvalue weighted by molar-refractivity contribution is -0.385. The molecule has 2 rings (SSSR count). The lowest BCUT2D eigenvalue weighted by atomic mass is 10.2. The molecule has 78 valence electrons. The van der Waals surface area contributed by atoms with Crippen molar-refractivity contribution in [3.05, 3.63) is 34.1 Å². The first-order chi connectivity index (χ1) is 7.08. The quantitative estimate of drug-likeness (QED) is 0.576. The molecule has 0 aliphatic carbocycles. The van der Waals surface area contributed by atoms with Crippen molar-refractivity contribution < 1.29 is 10.0 Å². The molecule has 2 heterocycles. The number of nitrogens with zero attached hydrogens (tertiary/aromatic N) is 2. The molecule has 15 heavy (non-hydrogen) atoms. The highest BCUT2D eigenvalue weighted by atomic mass is 16.6. The molecule has 2 N–H and O–H groups in total. The number of aromatic amines is 1. The molecule has 0 aromatic carbocycles. The number of aliphatic hydroxyl groups is 1. The Balaban J connectivity index is 2.57. The molecule has 0 fully saturated rings. The zero-order chi connectivity index (χ0) is 11.0. The number of hydrogen-bond donors (Lipinski definition) is 2. The first-order valence-electron chi connectivity index (χ1n) is 4.39. The Hall–Kier alpha value is -1.95. The van der Waals surface area contributed by atoms with Crippen LogP contribution in [0, 0.1) is 10.1 Å². The van der Waals surface area contributed by atoms with Gasteiger partial charge in [0.05, 0.1) is 11.0 Å². The Morgan fingerprint density at radius 1 is 1.60 bits per heavy atom. The summed E-state index contributed by atoms with van der Waals surface area (Å²) < 4.78 is 0. The van der Waals surface area contributed by atoms with Crippen LogP contribution in [0.15, 0.2) is 18.3 Å². The smallest absolute Gasteiger partial charge is 0.288 e. The van der Waals surface area contributed by atoms with Crippen LogP contribution in [0.1, 0.15) is 18.7 Å². The van der Waals surface area contributed by atoms with E-state index in [0.717, 1.165) is 0 Å². The van der Waals surface area contributed by atoms with Crippen LogP contribution in [-0.2, 0) is 0 Å². The zero-order valence-corrected chi connectivity index (χ0v) is 7.97. The fourth-order valence-electron chi connectivity index (χ4n) is 1.35. The van der Waals surface area contributed by atoms with Gasteiger partial charge in [-0.1, -0.05) is 0 Å². The number of aliphatic hydroxyl groups excluding tert-OH is 1. The number of nitro groups is 1. The third-order valence-electron chi connectivity index (χ3n) is 2.14. The Kier molecular flexibility index (Phi) is 2.12. The fraction of sp³-hybridized carbons (Fsp3) is 0.222. The fourth-order valence-corrected chi connectivity index (χ4v) is 1.35. The predicted octanol–water partition coefficient (Wildman–Crippen LogP) is 1.52. The van der Waals surface area contributed by atoms with Gasteiger partial charge in [-0.2, -0.15) is 0 Å². The summed E-state index contributed by atoms with van der Waals surface area (Å²) in [6, 6.07) is 3.07.